The average molecular weight is 486 g/mol. The monoisotopic (exact) mass is 485 g/mol. The van der Waals surface area contributed by atoms with Crippen molar-refractivity contribution in [1.29, 1.82) is 0 Å². The highest BCUT2D eigenvalue weighted by molar-refractivity contribution is 6.08. The van der Waals surface area contributed by atoms with Crippen molar-refractivity contribution in [2.75, 3.05) is 26.3 Å². The molecule has 0 radical (unpaired) electrons. The molecule has 0 fully saturated rings. The van der Waals surface area contributed by atoms with E-state index in [4.69, 9.17) is 20.4 Å². The number of esters is 1. The van der Waals surface area contributed by atoms with Crippen LogP contribution >= 0.6 is 0 Å². The molecule has 3 rings (SSSR count). The van der Waals surface area contributed by atoms with Gasteiger partial charge in [-0.25, -0.2) is 4.79 Å². The third kappa shape index (κ3) is 5.64. The highest BCUT2D eigenvalue weighted by Crippen LogP contribution is 2.37. The first kappa shape index (κ1) is 25.8. The Morgan fingerprint density at radius 1 is 1.29 bits per heavy atom. The number of oxime groups is 1. The van der Waals surface area contributed by atoms with Gasteiger partial charge in [-0.3, -0.25) is 9.59 Å². The molecule has 35 heavy (non-hydrogen) atoms. The van der Waals surface area contributed by atoms with E-state index >= 15 is 0 Å². The zero-order chi connectivity index (χ0) is 25.9. The van der Waals surface area contributed by atoms with Crippen LogP contribution in [0.3, 0.4) is 0 Å². The quantitative estimate of drug-likeness (QED) is 0.126. The molecule has 2 unspecified atom stereocenters. The summed E-state index contributed by atoms with van der Waals surface area (Å²) in [6, 6.07) is 2.91. The largest absolute Gasteiger partial charge is 0.507 e. The van der Waals surface area contributed by atoms with Gasteiger partial charge in [0.2, 0.25) is 0 Å². The fourth-order valence-electron chi connectivity index (χ4n) is 4.15. The van der Waals surface area contributed by atoms with E-state index < -0.39 is 23.2 Å². The van der Waals surface area contributed by atoms with Crippen LogP contribution in [0.2, 0.25) is 0 Å². The number of phenolic OH excluding ortho intramolecular Hbond substituents is 1. The predicted octanol–water partition coefficient (Wildman–Crippen LogP) is 2.13. The summed E-state index contributed by atoms with van der Waals surface area (Å²) in [7, 11) is 0. The second-order valence-corrected chi connectivity index (χ2v) is 9.51. The molecule has 0 saturated heterocycles. The van der Waals surface area contributed by atoms with Crippen LogP contribution in [-0.2, 0) is 19.7 Å². The molecule has 1 aliphatic heterocycles. The number of allylic oxidation sites excluding steroid dienone is 1. The lowest BCUT2D eigenvalue weighted by Gasteiger charge is -2.25. The fourth-order valence-corrected chi connectivity index (χ4v) is 4.15. The molecule has 1 heterocycles. The minimum absolute atomic E-state index is 0.0600. The summed E-state index contributed by atoms with van der Waals surface area (Å²) < 4.78 is 10.5. The van der Waals surface area contributed by atoms with Gasteiger partial charge in [-0.1, -0.05) is 38.1 Å². The van der Waals surface area contributed by atoms with Gasteiger partial charge in [0.1, 0.15) is 11.5 Å². The zero-order valence-corrected chi connectivity index (χ0v) is 20.3. The van der Waals surface area contributed by atoms with Crippen molar-refractivity contribution >= 4 is 23.4 Å². The van der Waals surface area contributed by atoms with Gasteiger partial charge in [0.25, 0.3) is 0 Å². The molecule has 0 aromatic heterocycles. The molecule has 4 N–H and O–H groups in total. The number of carbonyl (C=O) groups excluding carboxylic acids is 3. The third-order valence-corrected chi connectivity index (χ3v) is 5.92. The molecule has 2 aliphatic rings. The first-order valence-electron chi connectivity index (χ1n) is 11.3. The summed E-state index contributed by atoms with van der Waals surface area (Å²) in [6.07, 6.45) is 5.05. The summed E-state index contributed by atoms with van der Waals surface area (Å²) >= 11 is 0. The van der Waals surface area contributed by atoms with Crippen molar-refractivity contribution in [2.45, 2.75) is 33.1 Å². The molecule has 1 aliphatic carbocycles. The number of ketones is 2. The summed E-state index contributed by atoms with van der Waals surface area (Å²) in [6.45, 7) is 7.59. The Bertz CT molecular complexity index is 1110. The number of hydrogen-bond acceptors (Lipinski definition) is 9. The van der Waals surface area contributed by atoms with Crippen molar-refractivity contribution in [2.24, 2.45) is 22.7 Å². The first-order valence-corrected chi connectivity index (χ1v) is 11.3. The molecule has 10 heteroatoms. The Balaban J connectivity index is 1.78. The van der Waals surface area contributed by atoms with Crippen LogP contribution in [0.5, 0.6) is 11.5 Å². The SMILES string of the molecule is CCOC(=O)COc1cc(O)c(C(=O)CN2C=C3C=CC(C(N)=NO)C(=O)C3C2)cc1C(C)(C)C. The number of aromatic hydroxyl groups is 1. The Hall–Kier alpha value is -3.82. The molecule has 0 bridgehead atoms. The minimum Gasteiger partial charge on any atom is -0.507 e. The molecule has 0 saturated carbocycles. The van der Waals surface area contributed by atoms with Crippen molar-refractivity contribution < 1.29 is 34.2 Å². The van der Waals surface area contributed by atoms with Crippen molar-refractivity contribution in [3.63, 3.8) is 0 Å². The van der Waals surface area contributed by atoms with E-state index in [-0.39, 0.29) is 55.0 Å². The summed E-state index contributed by atoms with van der Waals surface area (Å²) in [5.74, 6) is -2.53. The lowest BCUT2D eigenvalue weighted by Crippen LogP contribution is -2.38. The molecule has 0 spiro atoms. The van der Waals surface area contributed by atoms with Gasteiger partial charge in [0, 0.05) is 24.4 Å². The van der Waals surface area contributed by atoms with Crippen molar-refractivity contribution in [3.05, 3.63) is 47.2 Å². The van der Waals surface area contributed by atoms with Crippen LogP contribution in [-0.4, -0.2) is 64.9 Å². The number of nitrogens with two attached hydrogens (primary N) is 1. The fraction of sp³-hybridized carbons (Fsp3) is 0.440. The number of fused-ring (bicyclic) bond motifs is 1. The number of hydrogen-bond donors (Lipinski definition) is 3. The third-order valence-electron chi connectivity index (χ3n) is 5.92. The lowest BCUT2D eigenvalue weighted by atomic mass is 9.83. The molecule has 0 amide bonds. The number of phenols is 1. The van der Waals surface area contributed by atoms with Gasteiger partial charge in [0.15, 0.2) is 24.0 Å². The number of amidine groups is 1. The Kier molecular flexibility index (Phi) is 7.52. The van der Waals surface area contributed by atoms with Crippen molar-refractivity contribution in [3.8, 4) is 11.5 Å². The van der Waals surface area contributed by atoms with E-state index in [0.29, 0.717) is 11.3 Å². The van der Waals surface area contributed by atoms with E-state index in [1.165, 1.54) is 6.07 Å². The molecule has 10 nitrogen and oxygen atoms in total. The van der Waals surface area contributed by atoms with E-state index in [1.54, 1.807) is 36.2 Å². The van der Waals surface area contributed by atoms with E-state index in [9.17, 15) is 19.5 Å². The number of ether oxygens (including phenoxy) is 2. The standard InChI is InChI=1S/C25H31N3O7/c1-5-34-22(31)13-35-21-9-19(29)16(8-18(21)25(2,3)4)20(30)12-28-10-14-6-7-15(24(26)27-33)23(32)17(14)11-28/h6-10,15,17,29,33H,5,11-13H2,1-4H3,(H2,26,27). The number of benzene rings is 1. The van der Waals surface area contributed by atoms with Crippen LogP contribution in [0.25, 0.3) is 0 Å². The van der Waals surface area contributed by atoms with Crippen LogP contribution < -0.4 is 10.5 Å². The normalized spacial score (nSPS) is 19.9. The second kappa shape index (κ2) is 10.2. The van der Waals surface area contributed by atoms with Gasteiger partial charge >= 0.3 is 5.97 Å². The smallest absolute Gasteiger partial charge is 0.344 e. The first-order chi connectivity index (χ1) is 16.5. The van der Waals surface area contributed by atoms with Crippen LogP contribution in [0.15, 0.2) is 41.2 Å². The molecule has 1 aromatic carbocycles. The number of Topliss-reactive ketones (excluding diaryl/α,β-unsaturated/α-hetero) is 2. The maximum atomic E-state index is 13.1. The van der Waals surface area contributed by atoms with Gasteiger partial charge < -0.3 is 30.4 Å². The second-order valence-electron chi connectivity index (χ2n) is 9.51. The minimum atomic E-state index is -0.807. The molecular weight excluding hydrogens is 454 g/mol. The number of rotatable bonds is 8. The van der Waals surface area contributed by atoms with Crippen LogP contribution in [0, 0.1) is 11.8 Å². The molecule has 2 atom stereocenters. The molecular formula is C25H31N3O7. The van der Waals surface area contributed by atoms with Crippen LogP contribution in [0.4, 0.5) is 0 Å². The maximum Gasteiger partial charge on any atom is 0.344 e. The summed E-state index contributed by atoms with van der Waals surface area (Å²) in [5.41, 5.74) is 6.68. The Labute approximate surface area is 203 Å². The number of carbonyl (C=O) groups is 3. The molecule has 188 valence electrons. The van der Waals surface area contributed by atoms with Gasteiger partial charge in [-0.15, -0.1) is 0 Å². The van der Waals surface area contributed by atoms with E-state index in [0.717, 1.165) is 5.57 Å². The van der Waals surface area contributed by atoms with Gasteiger partial charge in [-0.05, 0) is 24.0 Å². The average Bonchev–Trinajstić information content (AvgIpc) is 3.20. The topological polar surface area (TPSA) is 152 Å². The van der Waals surface area contributed by atoms with E-state index in [1.807, 2.05) is 20.8 Å². The Morgan fingerprint density at radius 2 is 2.00 bits per heavy atom. The van der Waals surface area contributed by atoms with Gasteiger partial charge in [0.05, 0.1) is 30.6 Å². The summed E-state index contributed by atoms with van der Waals surface area (Å²) in [4.78, 5) is 39.3. The highest BCUT2D eigenvalue weighted by Gasteiger charge is 2.38. The lowest BCUT2D eigenvalue weighted by molar-refractivity contribution is -0.145. The Morgan fingerprint density at radius 3 is 2.63 bits per heavy atom. The number of nitrogens with zero attached hydrogens (tertiary/aromatic N) is 2. The van der Waals surface area contributed by atoms with Gasteiger partial charge in [-0.2, -0.15) is 0 Å². The summed E-state index contributed by atoms with van der Waals surface area (Å²) in [5, 5.41) is 22.4. The zero-order valence-electron chi connectivity index (χ0n) is 20.3. The highest BCUT2D eigenvalue weighted by atomic mass is 16.6. The van der Waals surface area contributed by atoms with Crippen LogP contribution in [0.1, 0.15) is 43.6 Å². The predicted molar refractivity (Wildman–Crippen MR) is 127 cm³/mol. The van der Waals surface area contributed by atoms with E-state index in [2.05, 4.69) is 5.16 Å². The van der Waals surface area contributed by atoms with Crippen molar-refractivity contribution in [1.82, 2.24) is 4.90 Å². The maximum absolute atomic E-state index is 13.1. The molecule has 1 aromatic rings.